The monoisotopic (exact) mass is 220 g/mol. The van der Waals surface area contributed by atoms with E-state index in [1.54, 1.807) is 0 Å². The molecule has 0 aromatic heterocycles. The maximum absolute atomic E-state index is 5.88. The molecule has 0 aromatic rings. The Bertz CT molecular complexity index is 335. The summed E-state index contributed by atoms with van der Waals surface area (Å²) in [5.41, 5.74) is 4.93. The first-order valence-corrected chi connectivity index (χ1v) is 6.46. The van der Waals surface area contributed by atoms with Crippen molar-refractivity contribution in [2.24, 2.45) is 5.41 Å². The van der Waals surface area contributed by atoms with E-state index >= 15 is 0 Å². The second kappa shape index (κ2) is 3.73. The zero-order valence-corrected chi connectivity index (χ0v) is 9.89. The first-order chi connectivity index (χ1) is 7.79. The van der Waals surface area contributed by atoms with E-state index in [0.29, 0.717) is 5.41 Å². The van der Waals surface area contributed by atoms with Gasteiger partial charge in [-0.05, 0) is 37.7 Å². The van der Waals surface area contributed by atoms with Crippen LogP contribution in [0.4, 0.5) is 0 Å². The lowest BCUT2D eigenvalue weighted by Gasteiger charge is -2.43. The topological polar surface area (TPSA) is 18.5 Å². The van der Waals surface area contributed by atoms with Gasteiger partial charge in [0.1, 0.15) is 0 Å². The highest BCUT2D eigenvalue weighted by Gasteiger charge is 2.51. The van der Waals surface area contributed by atoms with Gasteiger partial charge < -0.3 is 9.47 Å². The molecule has 0 unspecified atom stereocenters. The summed E-state index contributed by atoms with van der Waals surface area (Å²) in [7, 11) is 0. The SMILES string of the molecule is C=C=C1CCC[C@]12CCCC1(C2)OCCO1. The van der Waals surface area contributed by atoms with Gasteiger partial charge in [0.2, 0.25) is 0 Å². The standard InChI is InChI=1S/C14H20O2/c1-2-12-5-3-6-13(12)7-4-8-14(11-13)15-9-10-16-14/h1,3-11H2/t13-/m1/s1. The van der Waals surface area contributed by atoms with Crippen LogP contribution in [0.2, 0.25) is 0 Å². The lowest BCUT2D eigenvalue weighted by atomic mass is 9.68. The zero-order chi connectivity index (χ0) is 11.1. The van der Waals surface area contributed by atoms with Crippen LogP contribution < -0.4 is 0 Å². The summed E-state index contributed by atoms with van der Waals surface area (Å²) < 4.78 is 11.8. The minimum absolute atomic E-state index is 0.259. The lowest BCUT2D eigenvalue weighted by Crippen LogP contribution is -2.41. The van der Waals surface area contributed by atoms with Crippen LogP contribution in [0.15, 0.2) is 17.9 Å². The Morgan fingerprint density at radius 1 is 1.06 bits per heavy atom. The van der Waals surface area contributed by atoms with Crippen LogP contribution in [-0.2, 0) is 9.47 Å². The Balaban J connectivity index is 1.88. The van der Waals surface area contributed by atoms with E-state index in [-0.39, 0.29) is 5.79 Å². The van der Waals surface area contributed by atoms with Crippen LogP contribution in [0, 0.1) is 5.41 Å². The van der Waals surface area contributed by atoms with E-state index in [4.69, 9.17) is 9.47 Å². The molecule has 1 aliphatic heterocycles. The largest absolute Gasteiger partial charge is 0.348 e. The maximum Gasteiger partial charge on any atom is 0.169 e. The number of hydrogen-bond donors (Lipinski definition) is 0. The predicted octanol–water partition coefficient (Wildman–Crippen LogP) is 3.19. The van der Waals surface area contributed by atoms with Gasteiger partial charge in [-0.2, -0.15) is 0 Å². The van der Waals surface area contributed by atoms with E-state index in [0.717, 1.165) is 26.1 Å². The Morgan fingerprint density at radius 3 is 2.56 bits per heavy atom. The molecule has 2 nitrogen and oxygen atoms in total. The summed E-state index contributed by atoms with van der Waals surface area (Å²) in [6.07, 6.45) is 8.34. The van der Waals surface area contributed by atoms with E-state index in [2.05, 4.69) is 12.3 Å². The molecule has 0 radical (unpaired) electrons. The van der Waals surface area contributed by atoms with Crippen molar-refractivity contribution in [1.82, 2.24) is 0 Å². The quantitative estimate of drug-likeness (QED) is 0.584. The van der Waals surface area contributed by atoms with Crippen LogP contribution in [0.25, 0.3) is 0 Å². The van der Waals surface area contributed by atoms with Gasteiger partial charge in [0, 0.05) is 18.3 Å². The molecule has 1 heterocycles. The molecule has 3 aliphatic rings. The van der Waals surface area contributed by atoms with Crippen molar-refractivity contribution in [2.45, 2.75) is 50.7 Å². The normalized spacial score (nSPS) is 37.1. The van der Waals surface area contributed by atoms with Crippen LogP contribution in [0.1, 0.15) is 44.9 Å². The van der Waals surface area contributed by atoms with Gasteiger partial charge in [-0.25, -0.2) is 0 Å². The Kier molecular flexibility index (Phi) is 2.47. The second-order valence-electron chi connectivity index (χ2n) is 5.43. The molecule has 0 amide bonds. The molecule has 3 rings (SSSR count). The number of allylic oxidation sites excluding steroid dienone is 1. The van der Waals surface area contributed by atoms with Gasteiger partial charge in [0.25, 0.3) is 0 Å². The molecule has 0 aromatic carbocycles. The highest BCUT2D eigenvalue weighted by atomic mass is 16.7. The molecule has 2 saturated carbocycles. The Labute approximate surface area is 97.3 Å². The molecule has 16 heavy (non-hydrogen) atoms. The van der Waals surface area contributed by atoms with Crippen molar-refractivity contribution >= 4 is 0 Å². The van der Waals surface area contributed by atoms with Crippen molar-refractivity contribution < 1.29 is 9.47 Å². The molecule has 2 aliphatic carbocycles. The highest BCUT2D eigenvalue weighted by molar-refractivity contribution is 5.20. The molecule has 88 valence electrons. The summed E-state index contributed by atoms with van der Waals surface area (Å²) in [5, 5.41) is 0. The third kappa shape index (κ3) is 1.48. The third-order valence-corrected chi connectivity index (χ3v) is 4.57. The number of hydrogen-bond acceptors (Lipinski definition) is 2. The first-order valence-electron chi connectivity index (χ1n) is 6.46. The van der Waals surface area contributed by atoms with Crippen LogP contribution in [0.5, 0.6) is 0 Å². The highest BCUT2D eigenvalue weighted by Crippen LogP contribution is 2.56. The molecule has 1 atom stereocenters. The van der Waals surface area contributed by atoms with Gasteiger partial charge in [0.15, 0.2) is 5.79 Å². The van der Waals surface area contributed by atoms with Gasteiger partial charge in [-0.15, -0.1) is 5.73 Å². The van der Waals surface area contributed by atoms with Crippen LogP contribution in [-0.4, -0.2) is 19.0 Å². The summed E-state index contributed by atoms with van der Waals surface area (Å²) in [5.74, 6) is -0.259. The zero-order valence-electron chi connectivity index (χ0n) is 9.89. The number of ether oxygens (including phenoxy) is 2. The summed E-state index contributed by atoms with van der Waals surface area (Å²) in [4.78, 5) is 0. The van der Waals surface area contributed by atoms with Gasteiger partial charge >= 0.3 is 0 Å². The molecule has 0 N–H and O–H groups in total. The summed E-state index contributed by atoms with van der Waals surface area (Å²) >= 11 is 0. The minimum Gasteiger partial charge on any atom is -0.348 e. The van der Waals surface area contributed by atoms with Crippen molar-refractivity contribution in [2.75, 3.05) is 13.2 Å². The second-order valence-corrected chi connectivity index (χ2v) is 5.43. The first kappa shape index (κ1) is 10.6. The number of rotatable bonds is 0. The van der Waals surface area contributed by atoms with Gasteiger partial charge in [0.05, 0.1) is 13.2 Å². The average Bonchev–Trinajstić information content (AvgIpc) is 2.87. The van der Waals surface area contributed by atoms with E-state index < -0.39 is 0 Å². The fraction of sp³-hybridized carbons (Fsp3) is 0.786. The Hall–Kier alpha value is -0.560. The van der Waals surface area contributed by atoms with Crippen molar-refractivity contribution in [3.05, 3.63) is 17.9 Å². The van der Waals surface area contributed by atoms with E-state index in [1.165, 1.54) is 37.7 Å². The van der Waals surface area contributed by atoms with Crippen molar-refractivity contribution in [1.29, 1.82) is 0 Å². The fourth-order valence-electron chi connectivity index (χ4n) is 3.90. The minimum atomic E-state index is -0.259. The molecule has 2 spiro atoms. The van der Waals surface area contributed by atoms with Crippen LogP contribution in [0.3, 0.4) is 0 Å². The van der Waals surface area contributed by atoms with Gasteiger partial charge in [-0.1, -0.05) is 6.58 Å². The summed E-state index contributed by atoms with van der Waals surface area (Å²) in [6.45, 7) is 5.40. The molecule has 2 heteroatoms. The van der Waals surface area contributed by atoms with E-state index in [9.17, 15) is 0 Å². The third-order valence-electron chi connectivity index (χ3n) is 4.57. The molecular weight excluding hydrogens is 200 g/mol. The fourth-order valence-corrected chi connectivity index (χ4v) is 3.90. The molecule has 1 saturated heterocycles. The smallest absolute Gasteiger partial charge is 0.169 e. The van der Waals surface area contributed by atoms with Crippen LogP contribution >= 0.6 is 0 Å². The summed E-state index contributed by atoms with van der Waals surface area (Å²) in [6, 6.07) is 0. The molecular formula is C14H20O2. The van der Waals surface area contributed by atoms with Gasteiger partial charge in [-0.3, -0.25) is 0 Å². The molecule has 3 fully saturated rings. The van der Waals surface area contributed by atoms with Crippen molar-refractivity contribution in [3.8, 4) is 0 Å². The predicted molar refractivity (Wildman–Crippen MR) is 62.0 cm³/mol. The molecule has 0 bridgehead atoms. The maximum atomic E-state index is 5.88. The Morgan fingerprint density at radius 2 is 1.81 bits per heavy atom. The average molecular weight is 220 g/mol. The van der Waals surface area contributed by atoms with E-state index in [1.807, 2.05) is 0 Å². The lowest BCUT2D eigenvalue weighted by molar-refractivity contribution is -0.196. The van der Waals surface area contributed by atoms with Crippen molar-refractivity contribution in [3.63, 3.8) is 0 Å².